The van der Waals surface area contributed by atoms with Crippen LogP contribution in [0.5, 0.6) is 0 Å². The van der Waals surface area contributed by atoms with E-state index in [9.17, 15) is 29.4 Å². The maximum absolute atomic E-state index is 11.4. The summed E-state index contributed by atoms with van der Waals surface area (Å²) < 4.78 is 0. The van der Waals surface area contributed by atoms with Gasteiger partial charge in [0, 0.05) is 23.7 Å². The van der Waals surface area contributed by atoms with Crippen LogP contribution < -0.4 is 5.32 Å². The number of fused-ring (bicyclic) bond motifs is 4. The van der Waals surface area contributed by atoms with Gasteiger partial charge in [0.25, 0.3) is 11.8 Å². The molecular weight excluding hydrogens is 486 g/mol. The van der Waals surface area contributed by atoms with Crippen LogP contribution in [0, 0.1) is 39.9 Å². The number of carbonyl (C=O) groups excluding carboxylic acids is 2. The van der Waals surface area contributed by atoms with Crippen LogP contribution in [0.2, 0.25) is 0 Å². The third-order valence-corrected chi connectivity index (χ3v) is 9.38. The van der Waals surface area contributed by atoms with Crippen molar-refractivity contribution in [3.8, 4) is 0 Å². The Kier molecular flexibility index (Phi) is 9.07. The van der Waals surface area contributed by atoms with E-state index >= 15 is 0 Å². The lowest BCUT2D eigenvalue weighted by atomic mass is 9.50. The zero-order valence-corrected chi connectivity index (χ0v) is 23.0. The fourth-order valence-electron chi connectivity index (χ4n) is 7.08. The van der Waals surface area contributed by atoms with Gasteiger partial charge in [0.2, 0.25) is 0 Å². The highest BCUT2D eigenvalue weighted by Gasteiger charge is 2.54. The minimum atomic E-state index is -0.678. The van der Waals surface area contributed by atoms with Gasteiger partial charge in [-0.2, -0.15) is 0 Å². The maximum atomic E-state index is 11.4. The zero-order chi connectivity index (χ0) is 28.3. The van der Waals surface area contributed by atoms with Crippen molar-refractivity contribution in [1.29, 1.82) is 0 Å². The smallest absolute Gasteiger partial charge is 0.310 e. The van der Waals surface area contributed by atoms with E-state index < -0.39 is 17.4 Å². The van der Waals surface area contributed by atoms with E-state index in [0.717, 1.165) is 32.1 Å². The van der Waals surface area contributed by atoms with Crippen LogP contribution >= 0.6 is 0 Å². The summed E-state index contributed by atoms with van der Waals surface area (Å²) in [5.41, 5.74) is -0.0757. The van der Waals surface area contributed by atoms with Gasteiger partial charge in [-0.25, -0.2) is 0 Å². The normalized spacial score (nSPS) is 34.2. The van der Waals surface area contributed by atoms with Crippen LogP contribution in [0.25, 0.3) is 0 Å². The largest absolute Gasteiger partial charge is 0.481 e. The molecule has 1 heterocycles. The van der Waals surface area contributed by atoms with Crippen LogP contribution in [0.3, 0.4) is 0 Å². The van der Waals surface area contributed by atoms with Gasteiger partial charge >= 0.3 is 11.9 Å². The Morgan fingerprint density at radius 3 is 2.13 bits per heavy atom. The minimum absolute atomic E-state index is 0.0396. The Hall–Kier alpha value is -2.74. The van der Waals surface area contributed by atoms with Crippen LogP contribution in [0.1, 0.15) is 79.1 Å². The minimum Gasteiger partial charge on any atom is -0.481 e. The van der Waals surface area contributed by atoms with Crippen LogP contribution in [-0.2, 0) is 19.2 Å². The van der Waals surface area contributed by atoms with E-state index in [4.69, 9.17) is 5.11 Å². The number of imide groups is 1. The fourth-order valence-corrected chi connectivity index (χ4v) is 7.08. The van der Waals surface area contributed by atoms with E-state index in [2.05, 4.69) is 50.4 Å². The molecule has 0 aromatic heterocycles. The molecule has 0 aromatic rings. The Balaban J connectivity index is 0.000000163. The van der Waals surface area contributed by atoms with Crippen molar-refractivity contribution in [3.63, 3.8) is 0 Å². The lowest BCUT2D eigenvalue weighted by molar-refractivity contribution is -0.153. The molecule has 4 N–H and O–H groups in total. The average molecular weight is 530 g/mol. The number of carboxylic acid groups (broad SMARTS) is 2. The van der Waals surface area contributed by atoms with E-state index in [1.165, 1.54) is 6.08 Å². The van der Waals surface area contributed by atoms with Crippen molar-refractivity contribution in [2.24, 2.45) is 39.9 Å². The molecule has 0 spiro atoms. The molecule has 210 valence electrons. The number of carbonyl (C=O) groups is 4. The second-order valence-electron chi connectivity index (χ2n) is 12.4. The monoisotopic (exact) mass is 529 g/mol. The molecule has 0 radical (unpaired) electrons. The molecule has 8 nitrogen and oxygen atoms in total. The Labute approximate surface area is 225 Å². The molecule has 6 atom stereocenters. The van der Waals surface area contributed by atoms with Crippen molar-refractivity contribution in [2.45, 2.75) is 79.1 Å². The number of carboxylic acids is 2. The predicted octanol–water partition coefficient (Wildman–Crippen LogP) is 4.49. The molecular formula is C30H43NO7. The number of hydrogen-bond acceptors (Lipinski definition) is 5. The maximum Gasteiger partial charge on any atom is 0.310 e. The van der Waals surface area contributed by atoms with Crippen molar-refractivity contribution >= 4 is 23.8 Å². The molecule has 8 heteroatoms. The van der Waals surface area contributed by atoms with E-state index in [-0.39, 0.29) is 41.1 Å². The molecule has 38 heavy (non-hydrogen) atoms. The number of rotatable bonds is 6. The number of aliphatic carboxylic acids is 2. The zero-order valence-electron chi connectivity index (χ0n) is 23.0. The van der Waals surface area contributed by atoms with E-state index in [1.54, 1.807) is 0 Å². The summed E-state index contributed by atoms with van der Waals surface area (Å²) in [5, 5.41) is 29.6. The van der Waals surface area contributed by atoms with Crippen molar-refractivity contribution in [2.75, 3.05) is 6.61 Å². The third kappa shape index (κ3) is 5.80. The highest BCUT2D eigenvalue weighted by molar-refractivity contribution is 6.16. The summed E-state index contributed by atoms with van der Waals surface area (Å²) in [6, 6.07) is 0. The van der Waals surface area contributed by atoms with Crippen molar-refractivity contribution in [3.05, 3.63) is 36.0 Å². The first-order valence-corrected chi connectivity index (χ1v) is 13.8. The number of aliphatic hydroxyl groups is 1. The van der Waals surface area contributed by atoms with Gasteiger partial charge in [-0.05, 0) is 74.5 Å². The van der Waals surface area contributed by atoms with Crippen LogP contribution in [-0.4, -0.2) is 45.7 Å². The summed E-state index contributed by atoms with van der Waals surface area (Å²) in [7, 11) is 0. The summed E-state index contributed by atoms with van der Waals surface area (Å²) >= 11 is 0. The number of amides is 2. The number of allylic oxidation sites excluding steroid dienone is 4. The molecule has 6 rings (SSSR count). The van der Waals surface area contributed by atoms with Gasteiger partial charge in [-0.1, -0.05) is 52.0 Å². The fraction of sp³-hybridized carbons (Fsp3) is 0.667. The van der Waals surface area contributed by atoms with Crippen molar-refractivity contribution in [1.82, 2.24) is 5.32 Å². The molecule has 6 unspecified atom stereocenters. The first-order valence-electron chi connectivity index (χ1n) is 13.8. The van der Waals surface area contributed by atoms with Crippen LogP contribution in [0.4, 0.5) is 0 Å². The summed E-state index contributed by atoms with van der Waals surface area (Å²) in [6.45, 7) is 8.43. The van der Waals surface area contributed by atoms with Gasteiger partial charge in [-0.3, -0.25) is 24.5 Å². The molecule has 2 fully saturated rings. The number of nitrogens with one attached hydrogen (secondary N) is 1. The number of aliphatic hydroxyl groups excluding tert-OH is 1. The highest BCUT2D eigenvalue weighted by Crippen LogP contribution is 2.58. The molecule has 0 saturated heterocycles. The SMILES string of the molecule is CC(C)(C)C12C=CC(CC1)CC2C(=O)O.CCC1=CC(=O)NC1=O.O=C(O)C1(CCCO)CC2C=CC1C2. The Morgan fingerprint density at radius 2 is 1.79 bits per heavy atom. The third-order valence-electron chi connectivity index (χ3n) is 9.38. The van der Waals surface area contributed by atoms with Gasteiger partial charge in [-0.15, -0.1) is 0 Å². The highest BCUT2D eigenvalue weighted by atomic mass is 16.4. The first-order chi connectivity index (χ1) is 17.8. The summed E-state index contributed by atoms with van der Waals surface area (Å²) in [6.07, 6.45) is 16.6. The van der Waals surface area contributed by atoms with Gasteiger partial charge in [0.15, 0.2) is 0 Å². The molecule has 0 aromatic carbocycles. The van der Waals surface area contributed by atoms with Gasteiger partial charge in [0.05, 0.1) is 11.3 Å². The second-order valence-corrected chi connectivity index (χ2v) is 12.4. The second kappa shape index (κ2) is 11.6. The Bertz CT molecular complexity index is 1040. The summed E-state index contributed by atoms with van der Waals surface area (Å²) in [4.78, 5) is 43.7. The van der Waals surface area contributed by atoms with E-state index in [0.29, 0.717) is 36.7 Å². The van der Waals surface area contributed by atoms with Gasteiger partial charge < -0.3 is 15.3 Å². The van der Waals surface area contributed by atoms with Crippen molar-refractivity contribution < 1.29 is 34.5 Å². The summed E-state index contributed by atoms with van der Waals surface area (Å²) in [5.74, 6) is -0.830. The van der Waals surface area contributed by atoms with E-state index in [1.807, 2.05) is 6.92 Å². The quantitative estimate of drug-likeness (QED) is 0.293. The number of hydrogen-bond donors (Lipinski definition) is 4. The first kappa shape index (κ1) is 29.8. The average Bonchev–Trinajstić information content (AvgIpc) is 3.58. The van der Waals surface area contributed by atoms with Gasteiger partial charge in [0.1, 0.15) is 0 Å². The molecule has 2 amide bonds. The topological polar surface area (TPSA) is 141 Å². The molecule has 2 saturated carbocycles. The molecule has 6 aliphatic rings. The lowest BCUT2D eigenvalue weighted by Crippen LogP contribution is -2.50. The van der Waals surface area contributed by atoms with Crippen LogP contribution in [0.15, 0.2) is 36.0 Å². The molecule has 4 bridgehead atoms. The predicted molar refractivity (Wildman–Crippen MR) is 143 cm³/mol. The standard InChI is InChI=1S/C13H20O2.C11H16O3.C6H7NO2/c1-12(2,3)13-6-4-9(5-7-13)8-10(13)11(14)15;12-5-1-4-11(10(13)14)7-8-2-3-9(11)6-8;1-2-4-3-5(8)7-6(4)9/h4,6,9-10H,5,7-8H2,1-3H3,(H,14,15);2-3,8-9,12H,1,4-7H2,(H,13,14);3H,2H2,1H3,(H,7,8,9). The molecule has 5 aliphatic carbocycles. The Morgan fingerprint density at radius 1 is 1.08 bits per heavy atom. The lowest BCUT2D eigenvalue weighted by Gasteiger charge is -2.54. The molecule has 1 aliphatic heterocycles.